The van der Waals surface area contributed by atoms with Gasteiger partial charge in [0.1, 0.15) is 23.9 Å². The molecule has 0 unspecified atom stereocenters. The Morgan fingerprint density at radius 1 is 1.23 bits per heavy atom. The molecule has 4 rings (SSSR count). The zero-order valence-corrected chi connectivity index (χ0v) is 17.6. The molecular weight excluding hydrogens is 406 g/mol. The van der Waals surface area contributed by atoms with Crippen LogP contribution in [0.2, 0.25) is 0 Å². The fourth-order valence-corrected chi connectivity index (χ4v) is 4.52. The third kappa shape index (κ3) is 4.05. The van der Waals surface area contributed by atoms with E-state index in [9.17, 15) is 24.0 Å². The van der Waals surface area contributed by atoms with Crippen molar-refractivity contribution in [3.05, 3.63) is 46.5 Å². The van der Waals surface area contributed by atoms with Crippen molar-refractivity contribution in [1.82, 2.24) is 4.57 Å². The Hall–Kier alpha value is -2.85. The van der Waals surface area contributed by atoms with Gasteiger partial charge < -0.3 is 28.9 Å². The molecule has 2 N–H and O–H groups in total. The predicted molar refractivity (Wildman–Crippen MR) is 110 cm³/mol. The van der Waals surface area contributed by atoms with Crippen LogP contribution < -0.4 is 9.55 Å². The summed E-state index contributed by atoms with van der Waals surface area (Å²) in [5, 5.41) is 18.4. The highest BCUT2D eigenvalue weighted by atomic mass is 19.1. The van der Waals surface area contributed by atoms with E-state index >= 15 is 0 Å². The number of esters is 1. The molecule has 0 spiro atoms. The number of amides is 1. The van der Waals surface area contributed by atoms with Crippen LogP contribution in [0, 0.1) is 11.2 Å². The average molecular weight is 430 g/mol. The zero-order valence-electron chi connectivity index (χ0n) is 17.6. The molecule has 1 amide bonds. The summed E-state index contributed by atoms with van der Waals surface area (Å²) >= 11 is 0. The highest BCUT2D eigenvalue weighted by Crippen LogP contribution is 2.40. The Labute approximate surface area is 179 Å². The molecule has 1 aromatic heterocycles. The van der Waals surface area contributed by atoms with Crippen molar-refractivity contribution in [3.8, 4) is 5.75 Å². The highest BCUT2D eigenvalue weighted by Gasteiger charge is 2.37. The molecule has 31 heavy (non-hydrogen) atoms. The average Bonchev–Trinajstić information content (AvgIpc) is 3.12. The standard InChI is InChI=1S/C21H24BFN2O6/c1-12(26)30-11-15-16(7-14(23)8-19(15)31-22(28)29)25-5-4-24-17(20(25)27)6-13-9-21(2,3)10-18(13)24/h6-8,28-29H,4-5,9-11H2,1-3H3. The quantitative estimate of drug-likeness (QED) is 0.555. The van der Waals surface area contributed by atoms with Crippen LogP contribution in [0.1, 0.15) is 48.1 Å². The van der Waals surface area contributed by atoms with Gasteiger partial charge in [-0.2, -0.15) is 0 Å². The van der Waals surface area contributed by atoms with E-state index in [1.165, 1.54) is 17.5 Å². The third-order valence-corrected chi connectivity index (χ3v) is 5.72. The number of benzene rings is 1. The predicted octanol–water partition coefficient (Wildman–Crippen LogP) is 1.82. The third-order valence-electron chi connectivity index (χ3n) is 5.72. The highest BCUT2D eigenvalue weighted by molar-refractivity contribution is 6.33. The maximum absolute atomic E-state index is 14.4. The molecule has 0 radical (unpaired) electrons. The molecule has 8 nitrogen and oxygen atoms in total. The SMILES string of the molecule is CC(=O)OCc1c(OB(O)O)cc(F)cc1N1CCn2c(cc3c2CC(C)(C)C3)C1=O. The lowest BCUT2D eigenvalue weighted by atomic mass is 9.90. The smallest absolute Gasteiger partial charge is 0.511 e. The van der Waals surface area contributed by atoms with Crippen molar-refractivity contribution in [1.29, 1.82) is 0 Å². The normalized spacial score (nSPS) is 16.7. The molecule has 10 heteroatoms. The fourth-order valence-electron chi connectivity index (χ4n) is 4.52. The van der Waals surface area contributed by atoms with Gasteiger partial charge in [-0.05, 0) is 36.0 Å². The Kier molecular flexibility index (Phi) is 5.30. The Balaban J connectivity index is 1.74. The molecule has 1 aromatic carbocycles. The summed E-state index contributed by atoms with van der Waals surface area (Å²) in [5.74, 6) is -1.83. The van der Waals surface area contributed by atoms with Crippen LogP contribution in [-0.2, 0) is 35.5 Å². The van der Waals surface area contributed by atoms with Crippen molar-refractivity contribution in [2.45, 2.75) is 46.8 Å². The van der Waals surface area contributed by atoms with Gasteiger partial charge in [0.2, 0.25) is 0 Å². The summed E-state index contributed by atoms with van der Waals surface area (Å²) in [6, 6.07) is 4.01. The molecule has 164 valence electrons. The van der Waals surface area contributed by atoms with Crippen LogP contribution in [0.15, 0.2) is 18.2 Å². The number of aromatic nitrogens is 1. The number of fused-ring (bicyclic) bond motifs is 3. The van der Waals surface area contributed by atoms with Gasteiger partial charge in [0, 0.05) is 31.8 Å². The van der Waals surface area contributed by atoms with E-state index in [1.54, 1.807) is 0 Å². The molecule has 2 heterocycles. The number of anilines is 1. The Morgan fingerprint density at radius 3 is 2.65 bits per heavy atom. The van der Waals surface area contributed by atoms with E-state index in [0.29, 0.717) is 12.2 Å². The summed E-state index contributed by atoms with van der Waals surface area (Å²) in [7, 11) is -2.20. The summed E-state index contributed by atoms with van der Waals surface area (Å²) in [4.78, 5) is 26.1. The molecule has 1 aliphatic carbocycles. The van der Waals surface area contributed by atoms with E-state index in [4.69, 9.17) is 9.39 Å². The first-order chi connectivity index (χ1) is 14.6. The van der Waals surface area contributed by atoms with Crippen LogP contribution in [0.25, 0.3) is 0 Å². The summed E-state index contributed by atoms with van der Waals surface area (Å²) in [5.41, 5.74) is 3.34. The lowest BCUT2D eigenvalue weighted by molar-refractivity contribution is -0.142. The number of hydrogen-bond donors (Lipinski definition) is 2. The second-order valence-electron chi connectivity index (χ2n) is 8.75. The maximum Gasteiger partial charge on any atom is 0.707 e. The molecule has 2 aliphatic rings. The van der Waals surface area contributed by atoms with Gasteiger partial charge in [-0.25, -0.2) is 4.39 Å². The molecule has 0 bridgehead atoms. The minimum Gasteiger partial charge on any atom is -0.511 e. The monoisotopic (exact) mass is 430 g/mol. The molecular formula is C21H24BFN2O6. The fraction of sp³-hybridized carbons (Fsp3) is 0.429. The second kappa shape index (κ2) is 7.69. The van der Waals surface area contributed by atoms with E-state index in [2.05, 4.69) is 13.8 Å². The topological polar surface area (TPSA) is 101 Å². The van der Waals surface area contributed by atoms with E-state index < -0.39 is 19.1 Å². The largest absolute Gasteiger partial charge is 0.707 e. The first kappa shape index (κ1) is 21.4. The van der Waals surface area contributed by atoms with Crippen LogP contribution in [0.4, 0.5) is 10.1 Å². The Bertz CT molecular complexity index is 1060. The number of ether oxygens (including phenoxy) is 1. The van der Waals surface area contributed by atoms with Gasteiger partial charge in [-0.1, -0.05) is 13.8 Å². The van der Waals surface area contributed by atoms with Gasteiger partial charge in [-0.3, -0.25) is 9.59 Å². The van der Waals surface area contributed by atoms with E-state index in [1.807, 2.05) is 10.6 Å². The van der Waals surface area contributed by atoms with Gasteiger partial charge in [0.05, 0.1) is 11.3 Å². The maximum atomic E-state index is 14.4. The number of rotatable bonds is 5. The zero-order chi connectivity index (χ0) is 22.5. The molecule has 0 atom stereocenters. The summed E-state index contributed by atoms with van der Waals surface area (Å²) in [6.45, 7) is 6.11. The minimum absolute atomic E-state index is 0.157. The minimum atomic E-state index is -2.20. The van der Waals surface area contributed by atoms with Crippen molar-refractivity contribution < 1.29 is 33.4 Å². The van der Waals surface area contributed by atoms with E-state index in [-0.39, 0.29) is 41.5 Å². The van der Waals surface area contributed by atoms with Gasteiger partial charge in [0.25, 0.3) is 5.91 Å². The van der Waals surface area contributed by atoms with Crippen LogP contribution in [0.5, 0.6) is 5.75 Å². The molecule has 0 saturated heterocycles. The number of carbonyl (C=O) groups excluding carboxylic acids is 2. The van der Waals surface area contributed by atoms with Gasteiger partial charge >= 0.3 is 13.3 Å². The summed E-state index contributed by atoms with van der Waals surface area (Å²) in [6.07, 6.45) is 1.78. The van der Waals surface area contributed by atoms with Gasteiger partial charge in [0.15, 0.2) is 0 Å². The first-order valence-electron chi connectivity index (χ1n) is 10.1. The van der Waals surface area contributed by atoms with Gasteiger partial charge in [-0.15, -0.1) is 0 Å². The lowest BCUT2D eigenvalue weighted by Crippen LogP contribution is -2.41. The lowest BCUT2D eigenvalue weighted by Gasteiger charge is -2.32. The molecule has 2 aromatic rings. The number of nitrogens with zero attached hydrogens (tertiary/aromatic N) is 2. The van der Waals surface area contributed by atoms with Crippen molar-refractivity contribution in [3.63, 3.8) is 0 Å². The van der Waals surface area contributed by atoms with Crippen molar-refractivity contribution in [2.24, 2.45) is 5.41 Å². The molecule has 0 saturated carbocycles. The summed E-state index contributed by atoms with van der Waals surface area (Å²) < 4.78 is 26.3. The Morgan fingerprint density at radius 2 is 1.97 bits per heavy atom. The van der Waals surface area contributed by atoms with E-state index in [0.717, 1.165) is 30.5 Å². The van der Waals surface area contributed by atoms with Crippen molar-refractivity contribution >= 4 is 24.9 Å². The van der Waals surface area contributed by atoms with Crippen LogP contribution >= 0.6 is 0 Å². The van der Waals surface area contributed by atoms with Crippen LogP contribution in [-0.4, -0.2) is 40.4 Å². The molecule has 0 fully saturated rings. The number of hydrogen-bond acceptors (Lipinski definition) is 6. The number of carbonyl (C=O) groups is 2. The second-order valence-corrected chi connectivity index (χ2v) is 8.75. The molecule has 1 aliphatic heterocycles. The van der Waals surface area contributed by atoms with Crippen LogP contribution in [0.3, 0.4) is 0 Å². The van der Waals surface area contributed by atoms with Crippen molar-refractivity contribution in [2.75, 3.05) is 11.4 Å². The first-order valence-corrected chi connectivity index (χ1v) is 10.1. The number of halogens is 1.